The van der Waals surface area contributed by atoms with Gasteiger partial charge in [0.2, 0.25) is 11.8 Å². The fourth-order valence-electron chi connectivity index (χ4n) is 2.21. The van der Waals surface area contributed by atoms with Crippen molar-refractivity contribution in [3.8, 4) is 0 Å². The predicted octanol–water partition coefficient (Wildman–Crippen LogP) is 0.513. The average Bonchev–Trinajstić information content (AvgIpc) is 3.10. The van der Waals surface area contributed by atoms with Crippen molar-refractivity contribution >= 4 is 57.6 Å². The van der Waals surface area contributed by atoms with E-state index >= 15 is 0 Å². The van der Waals surface area contributed by atoms with Crippen molar-refractivity contribution in [3.63, 3.8) is 0 Å². The van der Waals surface area contributed by atoms with Crippen LogP contribution in [0.15, 0.2) is 22.0 Å². The Balaban J connectivity index is 1.51. The molecule has 2 aliphatic rings. The molecular weight excluding hydrogens is 408 g/mol. The maximum atomic E-state index is 11.7. The van der Waals surface area contributed by atoms with Crippen molar-refractivity contribution in [2.75, 3.05) is 13.1 Å². The van der Waals surface area contributed by atoms with Gasteiger partial charge in [-0.2, -0.15) is 0 Å². The van der Waals surface area contributed by atoms with Crippen molar-refractivity contribution < 1.29 is 28.8 Å². The molecule has 0 saturated carbocycles. The zero-order chi connectivity index (χ0) is 20.5. The van der Waals surface area contributed by atoms with Gasteiger partial charge in [-0.15, -0.1) is 0 Å². The molecule has 0 aliphatic carbocycles. The highest BCUT2D eigenvalue weighted by molar-refractivity contribution is 8.18. The van der Waals surface area contributed by atoms with Gasteiger partial charge in [0.25, 0.3) is 22.3 Å². The van der Waals surface area contributed by atoms with E-state index in [2.05, 4.69) is 21.3 Å². The van der Waals surface area contributed by atoms with Crippen LogP contribution in [0.1, 0.15) is 25.7 Å². The van der Waals surface area contributed by atoms with Gasteiger partial charge >= 0.3 is 0 Å². The lowest BCUT2D eigenvalue weighted by Gasteiger charge is -2.04. The van der Waals surface area contributed by atoms with E-state index in [9.17, 15) is 28.8 Å². The number of imide groups is 2. The van der Waals surface area contributed by atoms with E-state index in [4.69, 9.17) is 0 Å². The van der Waals surface area contributed by atoms with Crippen molar-refractivity contribution in [2.24, 2.45) is 0 Å². The van der Waals surface area contributed by atoms with Gasteiger partial charge < -0.3 is 10.6 Å². The molecule has 2 aliphatic heterocycles. The summed E-state index contributed by atoms with van der Waals surface area (Å²) < 4.78 is 0. The molecule has 0 radical (unpaired) electrons. The maximum Gasteiger partial charge on any atom is 0.290 e. The number of carbonyl (C=O) groups excluding carboxylic acids is 6. The summed E-state index contributed by atoms with van der Waals surface area (Å²) in [6.07, 6.45) is 5.31. The molecule has 0 aromatic heterocycles. The SMILES string of the molecule is O=C(C=C1SC(=O)NC1=O)NCCCCCCNC(=O)C=C1SC(=O)NC1=O. The third-order valence-electron chi connectivity index (χ3n) is 3.51. The Morgan fingerprint density at radius 2 is 1.11 bits per heavy atom. The summed E-state index contributed by atoms with van der Waals surface area (Å²) in [5.74, 6) is -2.00. The van der Waals surface area contributed by atoms with Crippen LogP contribution in [0.5, 0.6) is 0 Å². The van der Waals surface area contributed by atoms with Crippen molar-refractivity contribution in [2.45, 2.75) is 25.7 Å². The number of amides is 6. The molecule has 10 nitrogen and oxygen atoms in total. The van der Waals surface area contributed by atoms with Crippen LogP contribution in [0.3, 0.4) is 0 Å². The van der Waals surface area contributed by atoms with Gasteiger partial charge in [-0.3, -0.25) is 39.4 Å². The normalized spacial score (nSPS) is 19.1. The van der Waals surface area contributed by atoms with Gasteiger partial charge in [-0.05, 0) is 36.4 Å². The van der Waals surface area contributed by atoms with Crippen LogP contribution in [-0.2, 0) is 19.2 Å². The monoisotopic (exact) mass is 426 g/mol. The molecule has 4 N–H and O–H groups in total. The number of rotatable bonds is 9. The summed E-state index contributed by atoms with van der Waals surface area (Å²) in [5, 5.41) is 8.42. The maximum absolute atomic E-state index is 11.7. The van der Waals surface area contributed by atoms with Gasteiger partial charge in [0, 0.05) is 25.2 Å². The zero-order valence-electron chi connectivity index (χ0n) is 14.7. The number of hydrogen-bond donors (Lipinski definition) is 4. The first kappa shape index (κ1) is 21.7. The molecule has 0 aromatic rings. The minimum absolute atomic E-state index is 0.0751. The molecule has 2 heterocycles. The summed E-state index contributed by atoms with van der Waals surface area (Å²) in [6.45, 7) is 0.864. The highest BCUT2D eigenvalue weighted by Crippen LogP contribution is 2.23. The van der Waals surface area contributed by atoms with E-state index in [0.717, 1.165) is 37.8 Å². The van der Waals surface area contributed by atoms with Gasteiger partial charge in [0.1, 0.15) is 0 Å². The van der Waals surface area contributed by atoms with E-state index in [1.54, 1.807) is 0 Å². The molecule has 2 fully saturated rings. The Morgan fingerprint density at radius 3 is 1.43 bits per heavy atom. The van der Waals surface area contributed by atoms with Crippen molar-refractivity contribution in [3.05, 3.63) is 22.0 Å². The summed E-state index contributed by atoms with van der Waals surface area (Å²) >= 11 is 1.38. The first-order valence-corrected chi connectivity index (χ1v) is 10.0. The molecule has 0 spiro atoms. The first-order valence-electron chi connectivity index (χ1n) is 8.40. The lowest BCUT2D eigenvalue weighted by atomic mass is 10.2. The molecule has 150 valence electrons. The third-order valence-corrected chi connectivity index (χ3v) is 5.13. The van der Waals surface area contributed by atoms with Crippen molar-refractivity contribution in [1.29, 1.82) is 0 Å². The highest BCUT2D eigenvalue weighted by atomic mass is 32.2. The molecular formula is C16H18N4O6S2. The molecule has 0 aromatic carbocycles. The number of carbonyl (C=O) groups is 6. The van der Waals surface area contributed by atoms with Gasteiger partial charge in [0.05, 0.1) is 9.81 Å². The summed E-state index contributed by atoms with van der Waals surface area (Å²) in [7, 11) is 0. The smallest absolute Gasteiger partial charge is 0.290 e. The Morgan fingerprint density at radius 1 is 0.714 bits per heavy atom. The van der Waals surface area contributed by atoms with Gasteiger partial charge in [-0.1, -0.05) is 12.8 Å². The van der Waals surface area contributed by atoms with Gasteiger partial charge in [0.15, 0.2) is 0 Å². The van der Waals surface area contributed by atoms with Crippen LogP contribution in [0, 0.1) is 0 Å². The van der Waals surface area contributed by atoms with E-state index < -0.39 is 34.1 Å². The van der Waals surface area contributed by atoms with Gasteiger partial charge in [-0.25, -0.2) is 0 Å². The van der Waals surface area contributed by atoms with Crippen LogP contribution < -0.4 is 21.3 Å². The molecule has 0 atom stereocenters. The summed E-state index contributed by atoms with van der Waals surface area (Å²) in [4.78, 5) is 68.0. The Kier molecular flexibility index (Phi) is 8.26. The fraction of sp³-hybridized carbons (Fsp3) is 0.375. The third kappa shape index (κ3) is 7.19. The highest BCUT2D eigenvalue weighted by Gasteiger charge is 2.26. The second-order valence-corrected chi connectivity index (χ2v) is 7.73. The zero-order valence-corrected chi connectivity index (χ0v) is 16.3. The van der Waals surface area contributed by atoms with E-state index in [1.807, 2.05) is 0 Å². The summed E-state index contributed by atoms with van der Waals surface area (Å²) in [5.41, 5.74) is 0. The summed E-state index contributed by atoms with van der Waals surface area (Å²) in [6, 6.07) is 0. The minimum atomic E-state index is -0.568. The fourth-order valence-corrected chi connectivity index (χ4v) is 3.52. The second kappa shape index (κ2) is 10.7. The lowest BCUT2D eigenvalue weighted by molar-refractivity contribution is -0.118. The lowest BCUT2D eigenvalue weighted by Crippen LogP contribution is -2.24. The number of nitrogens with one attached hydrogen (secondary N) is 4. The Hall–Kier alpha value is -2.60. The molecule has 12 heteroatoms. The van der Waals surface area contributed by atoms with Crippen molar-refractivity contribution in [1.82, 2.24) is 21.3 Å². The molecule has 2 saturated heterocycles. The molecule has 28 heavy (non-hydrogen) atoms. The largest absolute Gasteiger partial charge is 0.353 e. The molecule has 2 rings (SSSR count). The Bertz CT molecular complexity index is 713. The van der Waals surface area contributed by atoms with E-state index in [1.165, 1.54) is 0 Å². The molecule has 0 bridgehead atoms. The van der Waals surface area contributed by atoms with E-state index in [-0.39, 0.29) is 9.81 Å². The standard InChI is InChI=1S/C16H18N4O6S2/c21-11(7-9-13(23)19-15(25)27-9)17-5-3-1-2-4-6-18-12(22)8-10-14(24)20-16(26)28-10/h7-8H,1-6H2,(H,17,21)(H,18,22)(H,19,23,25)(H,20,24,26). The first-order chi connectivity index (χ1) is 13.3. The molecule has 6 amide bonds. The van der Waals surface area contributed by atoms with Crippen LogP contribution in [0.4, 0.5) is 9.59 Å². The number of unbranched alkanes of at least 4 members (excludes halogenated alkanes) is 3. The Labute approximate surface area is 168 Å². The van der Waals surface area contributed by atoms with Crippen LogP contribution in [0.2, 0.25) is 0 Å². The average molecular weight is 426 g/mol. The minimum Gasteiger partial charge on any atom is -0.353 e. The van der Waals surface area contributed by atoms with Crippen LogP contribution >= 0.6 is 23.5 Å². The quantitative estimate of drug-likeness (QED) is 0.308. The number of hydrogen-bond acceptors (Lipinski definition) is 8. The topological polar surface area (TPSA) is 151 Å². The van der Waals surface area contributed by atoms with Crippen LogP contribution in [-0.4, -0.2) is 47.2 Å². The van der Waals surface area contributed by atoms with Crippen LogP contribution in [0.25, 0.3) is 0 Å². The van der Waals surface area contributed by atoms with E-state index in [0.29, 0.717) is 36.6 Å². The second-order valence-electron chi connectivity index (χ2n) is 5.70. The predicted molar refractivity (Wildman–Crippen MR) is 103 cm³/mol. The molecule has 0 unspecified atom stereocenters. The number of thioether (sulfide) groups is 2.